The van der Waals surface area contributed by atoms with Crippen molar-refractivity contribution in [2.24, 2.45) is 0 Å². The van der Waals surface area contributed by atoms with Crippen LogP contribution in [0.2, 0.25) is 5.02 Å². The highest BCUT2D eigenvalue weighted by Gasteiger charge is 2.25. The average molecular weight is 387 g/mol. The van der Waals surface area contributed by atoms with Crippen LogP contribution in [0.5, 0.6) is 0 Å². The van der Waals surface area contributed by atoms with Crippen LogP contribution >= 0.6 is 24.0 Å². The zero-order valence-corrected chi connectivity index (χ0v) is 15.0. The molecule has 0 atom stereocenters. The van der Waals surface area contributed by atoms with E-state index >= 15 is 0 Å². The van der Waals surface area contributed by atoms with Gasteiger partial charge in [-0.05, 0) is 42.0 Å². The van der Waals surface area contributed by atoms with Gasteiger partial charge < -0.3 is 4.57 Å². The van der Waals surface area contributed by atoms with Gasteiger partial charge in [-0.3, -0.25) is 4.57 Å². The zero-order valence-electron chi connectivity index (χ0n) is 13.4. The van der Waals surface area contributed by atoms with Crippen LogP contribution in [0.15, 0.2) is 60.8 Å². The second kappa shape index (κ2) is 6.27. The van der Waals surface area contributed by atoms with Crippen LogP contribution in [0.25, 0.3) is 28.6 Å². The van der Waals surface area contributed by atoms with E-state index in [1.165, 1.54) is 6.07 Å². The second-order valence-electron chi connectivity index (χ2n) is 5.96. The third-order valence-corrected chi connectivity index (χ3v) is 4.70. The molecule has 3 heterocycles. The monoisotopic (exact) mass is 386 g/mol. The lowest BCUT2D eigenvalue weighted by Gasteiger charge is -2.12. The van der Waals surface area contributed by atoms with Crippen molar-refractivity contribution in [1.82, 2.24) is 19.3 Å². The lowest BCUT2D eigenvalue weighted by molar-refractivity contribution is 0.629. The molecule has 0 radical (unpaired) electrons. The molecule has 0 saturated carbocycles. The number of hydrogen-bond acceptors (Lipinski definition) is 2. The first-order valence-corrected chi connectivity index (χ1v) is 8.25. The maximum atomic E-state index is 14.4. The summed E-state index contributed by atoms with van der Waals surface area (Å²) in [7, 11) is 0. The molecule has 4 aromatic rings. The Bertz CT molecular complexity index is 1120. The molecule has 1 aliphatic rings. The summed E-state index contributed by atoms with van der Waals surface area (Å²) in [5.74, 6) is 0.802. The van der Waals surface area contributed by atoms with Gasteiger partial charge in [-0.2, -0.15) is 0 Å². The first-order valence-electron chi connectivity index (χ1n) is 7.87. The first kappa shape index (κ1) is 16.8. The van der Waals surface area contributed by atoms with Gasteiger partial charge in [-0.15, -0.1) is 22.6 Å². The normalized spacial score (nSPS) is 11.8. The number of hydrogen-bond donors (Lipinski definition) is 0. The Kier molecular flexibility index (Phi) is 4.05. The molecule has 2 aromatic carbocycles. The molecule has 0 bridgehead atoms. The van der Waals surface area contributed by atoms with Gasteiger partial charge in [0, 0.05) is 17.8 Å². The summed E-state index contributed by atoms with van der Waals surface area (Å²) >= 11 is 6.24. The summed E-state index contributed by atoms with van der Waals surface area (Å²) in [5.41, 5.74) is 3.28. The van der Waals surface area contributed by atoms with Gasteiger partial charge in [0.15, 0.2) is 11.6 Å². The standard InChI is InChI=1S/C19H12ClFN4.ClH/c20-13-8-7-12-11-24-9-3-6-16(24)19-23-22-18(25(19)17(12)10-13)14-4-1-2-5-15(14)21;/h1-10H,11H2;1H. The van der Waals surface area contributed by atoms with E-state index in [0.717, 1.165) is 16.9 Å². The van der Waals surface area contributed by atoms with Gasteiger partial charge in [0.1, 0.15) is 5.82 Å². The molecular formula is C19H13Cl2FN4. The molecule has 0 aliphatic carbocycles. The third kappa shape index (κ3) is 2.43. The van der Waals surface area contributed by atoms with Gasteiger partial charge in [-0.1, -0.05) is 29.8 Å². The van der Waals surface area contributed by atoms with E-state index in [0.29, 0.717) is 28.8 Å². The highest BCUT2D eigenvalue weighted by atomic mass is 35.5. The minimum Gasteiger partial charge on any atom is -0.340 e. The van der Waals surface area contributed by atoms with Crippen molar-refractivity contribution in [3.05, 3.63) is 77.2 Å². The average Bonchev–Trinajstić information content (AvgIpc) is 3.21. The van der Waals surface area contributed by atoms with Crippen molar-refractivity contribution in [2.45, 2.75) is 6.54 Å². The smallest absolute Gasteiger partial charge is 0.185 e. The summed E-state index contributed by atoms with van der Waals surface area (Å²) in [6.07, 6.45) is 2.00. The summed E-state index contributed by atoms with van der Waals surface area (Å²) in [4.78, 5) is 0. The van der Waals surface area contributed by atoms with Crippen molar-refractivity contribution >= 4 is 24.0 Å². The van der Waals surface area contributed by atoms with E-state index in [1.54, 1.807) is 18.2 Å². The van der Waals surface area contributed by atoms with Crippen LogP contribution in [0, 0.1) is 5.82 Å². The van der Waals surface area contributed by atoms with Crippen LogP contribution in [0.3, 0.4) is 0 Å². The molecule has 0 unspecified atom stereocenters. The largest absolute Gasteiger partial charge is 0.340 e. The van der Waals surface area contributed by atoms with Crippen LogP contribution in [0.1, 0.15) is 5.56 Å². The fraction of sp³-hybridized carbons (Fsp3) is 0.0526. The lowest BCUT2D eigenvalue weighted by atomic mass is 10.1. The number of aromatic nitrogens is 4. The third-order valence-electron chi connectivity index (χ3n) is 4.47. The number of halogens is 3. The Morgan fingerprint density at radius 1 is 0.962 bits per heavy atom. The predicted octanol–water partition coefficient (Wildman–Crippen LogP) is 4.98. The van der Waals surface area contributed by atoms with Gasteiger partial charge in [0.25, 0.3) is 0 Å². The molecule has 0 saturated heterocycles. The second-order valence-corrected chi connectivity index (χ2v) is 6.39. The zero-order chi connectivity index (χ0) is 17.0. The summed E-state index contributed by atoms with van der Waals surface area (Å²) in [5, 5.41) is 9.27. The van der Waals surface area contributed by atoms with E-state index < -0.39 is 0 Å². The van der Waals surface area contributed by atoms with Crippen LogP contribution in [-0.4, -0.2) is 19.3 Å². The van der Waals surface area contributed by atoms with Crippen molar-refractivity contribution < 1.29 is 4.39 Å². The predicted molar refractivity (Wildman–Crippen MR) is 102 cm³/mol. The minimum atomic E-state index is -0.332. The Morgan fingerprint density at radius 3 is 2.62 bits per heavy atom. The van der Waals surface area contributed by atoms with Gasteiger partial charge in [0.05, 0.1) is 16.9 Å². The molecule has 5 rings (SSSR count). The van der Waals surface area contributed by atoms with E-state index in [2.05, 4.69) is 14.8 Å². The number of rotatable bonds is 1. The number of benzene rings is 2. The maximum Gasteiger partial charge on any atom is 0.185 e. The van der Waals surface area contributed by atoms with Crippen LogP contribution < -0.4 is 0 Å². The molecule has 0 fully saturated rings. The van der Waals surface area contributed by atoms with E-state index in [9.17, 15) is 4.39 Å². The van der Waals surface area contributed by atoms with Crippen molar-refractivity contribution in [3.63, 3.8) is 0 Å². The molecule has 26 heavy (non-hydrogen) atoms. The number of nitrogens with zero attached hydrogens (tertiary/aromatic N) is 4. The molecule has 130 valence electrons. The summed E-state index contributed by atoms with van der Waals surface area (Å²) in [6, 6.07) is 16.3. The molecular weight excluding hydrogens is 374 g/mol. The Labute approximate surface area is 160 Å². The van der Waals surface area contributed by atoms with Crippen molar-refractivity contribution in [3.8, 4) is 28.6 Å². The number of fused-ring (bicyclic) bond motifs is 5. The Hall–Kier alpha value is -2.63. The molecule has 2 aromatic heterocycles. The van der Waals surface area contributed by atoms with Gasteiger partial charge >= 0.3 is 0 Å². The first-order chi connectivity index (χ1) is 12.2. The van der Waals surface area contributed by atoms with Crippen LogP contribution in [0.4, 0.5) is 4.39 Å². The summed E-state index contributed by atoms with van der Waals surface area (Å²) < 4.78 is 18.4. The van der Waals surface area contributed by atoms with Gasteiger partial charge in [0.2, 0.25) is 0 Å². The highest BCUT2D eigenvalue weighted by Crippen LogP contribution is 2.35. The summed E-state index contributed by atoms with van der Waals surface area (Å²) in [6.45, 7) is 0.689. The highest BCUT2D eigenvalue weighted by molar-refractivity contribution is 6.30. The topological polar surface area (TPSA) is 35.6 Å². The van der Waals surface area contributed by atoms with Crippen LogP contribution in [-0.2, 0) is 6.54 Å². The molecule has 1 aliphatic heterocycles. The molecule has 0 amide bonds. The minimum absolute atomic E-state index is 0. The van der Waals surface area contributed by atoms with Crippen molar-refractivity contribution in [1.29, 1.82) is 0 Å². The quantitative estimate of drug-likeness (QED) is 0.407. The molecule has 7 heteroatoms. The van der Waals surface area contributed by atoms with E-state index in [4.69, 9.17) is 11.6 Å². The van der Waals surface area contributed by atoms with E-state index in [-0.39, 0.29) is 18.2 Å². The van der Waals surface area contributed by atoms with E-state index in [1.807, 2.05) is 41.1 Å². The SMILES string of the molecule is Cl.Fc1ccccc1-c1nnc2n1-c1cc(Cl)ccc1Cn1cccc1-2. The molecule has 0 spiro atoms. The Morgan fingerprint density at radius 2 is 1.77 bits per heavy atom. The lowest BCUT2D eigenvalue weighted by Crippen LogP contribution is -2.03. The van der Waals surface area contributed by atoms with Gasteiger partial charge in [-0.25, -0.2) is 4.39 Å². The fourth-order valence-electron chi connectivity index (χ4n) is 3.31. The fourth-order valence-corrected chi connectivity index (χ4v) is 3.48. The Balaban J connectivity index is 0.00000168. The maximum absolute atomic E-state index is 14.4. The molecule has 0 N–H and O–H groups in total. The van der Waals surface area contributed by atoms with Crippen molar-refractivity contribution in [2.75, 3.05) is 0 Å². The molecule has 4 nitrogen and oxygen atoms in total.